The van der Waals surface area contributed by atoms with Crippen molar-refractivity contribution in [2.75, 3.05) is 18.0 Å². The van der Waals surface area contributed by atoms with Crippen molar-refractivity contribution in [1.82, 2.24) is 15.0 Å². The van der Waals surface area contributed by atoms with E-state index in [1.807, 2.05) is 24.3 Å². The molecule has 2 N–H and O–H groups in total. The SMILES string of the molecule is CC1(N)CCN(c2ccc3nc(Sc4cccc(Cl)c4Cl)cnc3n2)CC1. The molecule has 3 heterocycles. The Morgan fingerprint density at radius 1 is 1.11 bits per heavy atom. The summed E-state index contributed by atoms with van der Waals surface area (Å²) in [7, 11) is 0. The van der Waals surface area contributed by atoms with Crippen LogP contribution in [0, 0.1) is 0 Å². The number of piperidine rings is 1. The van der Waals surface area contributed by atoms with Gasteiger partial charge in [-0.15, -0.1) is 0 Å². The molecule has 1 saturated heterocycles. The minimum Gasteiger partial charge on any atom is -0.356 e. The maximum atomic E-state index is 6.26. The summed E-state index contributed by atoms with van der Waals surface area (Å²) >= 11 is 13.8. The lowest BCUT2D eigenvalue weighted by molar-refractivity contribution is 0.363. The first kappa shape index (κ1) is 18.7. The Morgan fingerprint density at radius 3 is 2.67 bits per heavy atom. The lowest BCUT2D eigenvalue weighted by Gasteiger charge is -2.37. The van der Waals surface area contributed by atoms with Gasteiger partial charge in [0, 0.05) is 23.5 Å². The Hall–Kier alpha value is -1.60. The topological polar surface area (TPSA) is 67.9 Å². The van der Waals surface area contributed by atoms with Gasteiger partial charge >= 0.3 is 0 Å². The van der Waals surface area contributed by atoms with E-state index in [1.165, 1.54) is 11.8 Å². The molecule has 4 rings (SSSR count). The third-order valence-corrected chi connectivity index (χ3v) is 6.63. The second-order valence-corrected chi connectivity index (χ2v) is 8.86. The van der Waals surface area contributed by atoms with Gasteiger partial charge in [0.05, 0.1) is 16.2 Å². The summed E-state index contributed by atoms with van der Waals surface area (Å²) in [5.41, 5.74) is 7.52. The van der Waals surface area contributed by atoms with E-state index in [1.54, 1.807) is 12.3 Å². The zero-order chi connectivity index (χ0) is 19.0. The molecular weight excluding hydrogens is 401 g/mol. The van der Waals surface area contributed by atoms with Crippen LogP contribution >= 0.6 is 35.0 Å². The van der Waals surface area contributed by atoms with Crippen LogP contribution in [0.2, 0.25) is 10.0 Å². The molecule has 2 aromatic heterocycles. The number of hydrogen-bond acceptors (Lipinski definition) is 6. The Bertz CT molecular complexity index is 985. The first-order valence-electron chi connectivity index (χ1n) is 8.71. The zero-order valence-electron chi connectivity index (χ0n) is 14.8. The minimum atomic E-state index is -0.0825. The van der Waals surface area contributed by atoms with Crippen molar-refractivity contribution in [2.24, 2.45) is 5.73 Å². The molecule has 1 aromatic carbocycles. The molecule has 0 radical (unpaired) electrons. The summed E-state index contributed by atoms with van der Waals surface area (Å²) in [5, 5.41) is 1.80. The van der Waals surface area contributed by atoms with Crippen LogP contribution < -0.4 is 10.6 Å². The van der Waals surface area contributed by atoms with E-state index in [0.717, 1.165) is 47.2 Å². The lowest BCUT2D eigenvalue weighted by Crippen LogP contribution is -2.48. The Kier molecular flexibility index (Phi) is 5.16. The highest BCUT2D eigenvalue weighted by Gasteiger charge is 2.26. The number of hydrogen-bond donors (Lipinski definition) is 1. The van der Waals surface area contributed by atoms with Gasteiger partial charge in [0.1, 0.15) is 16.4 Å². The van der Waals surface area contributed by atoms with E-state index >= 15 is 0 Å². The molecule has 1 fully saturated rings. The van der Waals surface area contributed by atoms with Crippen LogP contribution in [-0.4, -0.2) is 33.6 Å². The third kappa shape index (κ3) is 4.14. The molecule has 140 valence electrons. The number of anilines is 1. The summed E-state index contributed by atoms with van der Waals surface area (Å²) < 4.78 is 0. The van der Waals surface area contributed by atoms with Gasteiger partial charge in [0.2, 0.25) is 0 Å². The Balaban J connectivity index is 1.56. The molecule has 3 aromatic rings. The molecule has 0 amide bonds. The molecule has 5 nitrogen and oxygen atoms in total. The highest BCUT2D eigenvalue weighted by Crippen LogP contribution is 2.36. The van der Waals surface area contributed by atoms with Crippen molar-refractivity contribution in [3.8, 4) is 0 Å². The van der Waals surface area contributed by atoms with E-state index in [9.17, 15) is 0 Å². The number of aromatic nitrogens is 3. The van der Waals surface area contributed by atoms with E-state index in [4.69, 9.17) is 28.9 Å². The molecule has 0 aliphatic carbocycles. The number of rotatable bonds is 3. The number of fused-ring (bicyclic) bond motifs is 1. The molecule has 0 saturated carbocycles. The fourth-order valence-corrected chi connectivity index (χ4v) is 4.32. The molecule has 27 heavy (non-hydrogen) atoms. The molecule has 0 unspecified atom stereocenters. The Labute approximate surface area is 172 Å². The largest absolute Gasteiger partial charge is 0.356 e. The van der Waals surface area contributed by atoms with E-state index in [0.29, 0.717) is 15.7 Å². The predicted molar refractivity (Wildman–Crippen MR) is 112 cm³/mol. The van der Waals surface area contributed by atoms with Crippen LogP contribution in [-0.2, 0) is 0 Å². The maximum Gasteiger partial charge on any atom is 0.180 e. The van der Waals surface area contributed by atoms with Gasteiger partial charge in [-0.25, -0.2) is 15.0 Å². The predicted octanol–water partition coefficient (Wildman–Crippen LogP) is 4.80. The molecular formula is C19H19Cl2N5S. The highest BCUT2D eigenvalue weighted by atomic mass is 35.5. The van der Waals surface area contributed by atoms with Crippen molar-refractivity contribution >= 4 is 51.9 Å². The second kappa shape index (κ2) is 7.43. The van der Waals surface area contributed by atoms with Gasteiger partial charge in [-0.1, -0.05) is 41.0 Å². The summed E-state index contributed by atoms with van der Waals surface area (Å²) in [4.78, 5) is 16.9. The minimum absolute atomic E-state index is 0.0825. The van der Waals surface area contributed by atoms with Gasteiger partial charge in [-0.2, -0.15) is 0 Å². The highest BCUT2D eigenvalue weighted by molar-refractivity contribution is 7.99. The van der Waals surface area contributed by atoms with Crippen molar-refractivity contribution in [1.29, 1.82) is 0 Å². The lowest BCUT2D eigenvalue weighted by atomic mass is 9.91. The molecule has 0 bridgehead atoms. The first-order valence-corrected chi connectivity index (χ1v) is 10.3. The zero-order valence-corrected chi connectivity index (χ0v) is 17.2. The van der Waals surface area contributed by atoms with Gasteiger partial charge in [0.15, 0.2) is 5.65 Å². The summed E-state index contributed by atoms with van der Waals surface area (Å²) in [6.45, 7) is 3.91. The quantitative estimate of drug-likeness (QED) is 0.657. The summed E-state index contributed by atoms with van der Waals surface area (Å²) in [6.07, 6.45) is 3.62. The molecule has 1 aliphatic rings. The Morgan fingerprint density at radius 2 is 1.89 bits per heavy atom. The van der Waals surface area contributed by atoms with Crippen LogP contribution in [0.25, 0.3) is 11.2 Å². The fourth-order valence-electron chi connectivity index (χ4n) is 3.02. The normalized spacial score (nSPS) is 16.7. The second-order valence-electron chi connectivity index (χ2n) is 7.02. The smallest absolute Gasteiger partial charge is 0.180 e. The standard InChI is InChI=1S/C19H19Cl2N5S/c1-19(22)7-9-26(10-8-19)15-6-5-13-18(25-15)23-11-16(24-13)27-14-4-2-3-12(20)17(14)21/h2-6,11H,7-10,22H2,1H3. The van der Waals surface area contributed by atoms with Crippen molar-refractivity contribution < 1.29 is 0 Å². The fraction of sp³-hybridized carbons (Fsp3) is 0.316. The van der Waals surface area contributed by atoms with E-state index < -0.39 is 0 Å². The summed E-state index contributed by atoms with van der Waals surface area (Å²) in [5.74, 6) is 0.922. The van der Waals surface area contributed by atoms with Crippen LogP contribution in [0.3, 0.4) is 0 Å². The number of halogens is 2. The van der Waals surface area contributed by atoms with Gasteiger partial charge in [-0.3, -0.25) is 0 Å². The van der Waals surface area contributed by atoms with Crippen molar-refractivity contribution in [3.05, 3.63) is 46.6 Å². The van der Waals surface area contributed by atoms with Crippen LogP contribution in [0.5, 0.6) is 0 Å². The first-order chi connectivity index (χ1) is 12.9. The van der Waals surface area contributed by atoms with Crippen molar-refractivity contribution in [2.45, 2.75) is 35.2 Å². The average Bonchev–Trinajstić information content (AvgIpc) is 2.65. The number of benzene rings is 1. The van der Waals surface area contributed by atoms with E-state index in [2.05, 4.69) is 26.8 Å². The molecule has 8 heteroatoms. The van der Waals surface area contributed by atoms with Crippen LogP contribution in [0.15, 0.2) is 46.5 Å². The monoisotopic (exact) mass is 419 g/mol. The molecule has 0 atom stereocenters. The summed E-state index contributed by atoms with van der Waals surface area (Å²) in [6, 6.07) is 9.50. The maximum absolute atomic E-state index is 6.26. The van der Waals surface area contributed by atoms with Crippen LogP contribution in [0.4, 0.5) is 5.82 Å². The molecule has 0 spiro atoms. The van der Waals surface area contributed by atoms with Gasteiger partial charge in [0.25, 0.3) is 0 Å². The number of nitrogens with zero attached hydrogens (tertiary/aromatic N) is 4. The van der Waals surface area contributed by atoms with Crippen molar-refractivity contribution in [3.63, 3.8) is 0 Å². The third-order valence-electron chi connectivity index (χ3n) is 4.73. The number of nitrogens with two attached hydrogens (primary N) is 1. The van der Waals surface area contributed by atoms with Crippen LogP contribution in [0.1, 0.15) is 19.8 Å². The molecule has 1 aliphatic heterocycles. The number of pyridine rings is 1. The van der Waals surface area contributed by atoms with E-state index in [-0.39, 0.29) is 5.54 Å². The average molecular weight is 420 g/mol. The van der Waals surface area contributed by atoms with Gasteiger partial charge < -0.3 is 10.6 Å². The van der Waals surface area contributed by atoms with Gasteiger partial charge in [-0.05, 0) is 44.0 Å².